The largest absolute Gasteiger partial charge is 0.354 e. The molecule has 0 aliphatic heterocycles. The van der Waals surface area contributed by atoms with E-state index in [-0.39, 0.29) is 6.04 Å². The van der Waals surface area contributed by atoms with E-state index < -0.39 is 0 Å². The minimum atomic E-state index is 0.264. The molecule has 2 heteroatoms. The van der Waals surface area contributed by atoms with Gasteiger partial charge in [0.15, 0.2) is 0 Å². The van der Waals surface area contributed by atoms with Gasteiger partial charge in [-0.15, -0.1) is 0 Å². The van der Waals surface area contributed by atoms with Crippen LogP contribution < -0.4 is 5.73 Å². The fourth-order valence-electron chi connectivity index (χ4n) is 2.02. The standard InChI is InChI=1S/C14H26N2/c1-3-4-5-6-7-9-16-10-8-14(12-16)11-13(2)15/h8,10,12-13H,3-7,9,11,15H2,1-2H3. The number of aromatic nitrogens is 1. The van der Waals surface area contributed by atoms with Crippen molar-refractivity contribution in [3.8, 4) is 0 Å². The van der Waals surface area contributed by atoms with Crippen LogP contribution in [0.5, 0.6) is 0 Å². The fourth-order valence-corrected chi connectivity index (χ4v) is 2.02. The molecule has 0 aromatic carbocycles. The number of hydrogen-bond donors (Lipinski definition) is 1. The number of nitrogens with two attached hydrogens (primary N) is 1. The normalized spacial score (nSPS) is 12.9. The first-order valence-electron chi connectivity index (χ1n) is 6.62. The minimum absolute atomic E-state index is 0.264. The van der Waals surface area contributed by atoms with Crippen molar-refractivity contribution in [3.05, 3.63) is 24.0 Å². The van der Waals surface area contributed by atoms with E-state index in [1.807, 2.05) is 0 Å². The maximum Gasteiger partial charge on any atom is 0.0219 e. The molecule has 2 N–H and O–H groups in total. The molecule has 0 radical (unpaired) electrons. The highest BCUT2D eigenvalue weighted by Crippen LogP contribution is 2.08. The molecular weight excluding hydrogens is 196 g/mol. The molecular formula is C14H26N2. The van der Waals surface area contributed by atoms with Crippen molar-refractivity contribution in [2.75, 3.05) is 0 Å². The Hall–Kier alpha value is -0.760. The van der Waals surface area contributed by atoms with Gasteiger partial charge in [-0.1, -0.05) is 32.6 Å². The quantitative estimate of drug-likeness (QED) is 0.672. The first-order valence-corrected chi connectivity index (χ1v) is 6.62. The molecule has 16 heavy (non-hydrogen) atoms. The van der Waals surface area contributed by atoms with Crippen LogP contribution in [0.15, 0.2) is 18.5 Å². The van der Waals surface area contributed by atoms with E-state index in [2.05, 4.69) is 36.9 Å². The summed E-state index contributed by atoms with van der Waals surface area (Å²) in [4.78, 5) is 0. The number of rotatable bonds is 8. The molecule has 0 spiro atoms. The molecule has 0 saturated heterocycles. The molecule has 1 heterocycles. The Bertz CT molecular complexity index is 276. The summed E-state index contributed by atoms with van der Waals surface area (Å²) >= 11 is 0. The molecule has 1 aromatic heterocycles. The van der Waals surface area contributed by atoms with Crippen LogP contribution in [0.2, 0.25) is 0 Å². The van der Waals surface area contributed by atoms with Gasteiger partial charge in [0.05, 0.1) is 0 Å². The molecule has 1 rings (SSSR count). The lowest BCUT2D eigenvalue weighted by atomic mass is 10.1. The fraction of sp³-hybridized carbons (Fsp3) is 0.714. The lowest BCUT2D eigenvalue weighted by Crippen LogP contribution is -2.17. The summed E-state index contributed by atoms with van der Waals surface area (Å²) in [6.07, 6.45) is 12.1. The second-order valence-electron chi connectivity index (χ2n) is 4.85. The van der Waals surface area contributed by atoms with Gasteiger partial charge in [0, 0.05) is 25.0 Å². The second-order valence-corrected chi connectivity index (χ2v) is 4.85. The molecule has 92 valence electrons. The average molecular weight is 222 g/mol. The first-order chi connectivity index (χ1) is 7.72. The predicted molar refractivity (Wildman–Crippen MR) is 70.5 cm³/mol. The molecule has 1 atom stereocenters. The summed E-state index contributed by atoms with van der Waals surface area (Å²) in [6, 6.07) is 2.45. The monoisotopic (exact) mass is 222 g/mol. The molecule has 0 aliphatic carbocycles. The summed E-state index contributed by atoms with van der Waals surface area (Å²) < 4.78 is 2.30. The zero-order valence-electron chi connectivity index (χ0n) is 10.8. The number of unbranched alkanes of at least 4 members (excludes halogenated alkanes) is 4. The molecule has 1 aromatic rings. The summed E-state index contributed by atoms with van der Waals surface area (Å²) in [5.74, 6) is 0. The van der Waals surface area contributed by atoms with Crippen LogP contribution >= 0.6 is 0 Å². The van der Waals surface area contributed by atoms with Gasteiger partial charge < -0.3 is 10.3 Å². The molecule has 1 unspecified atom stereocenters. The van der Waals surface area contributed by atoms with Crippen molar-refractivity contribution in [3.63, 3.8) is 0 Å². The van der Waals surface area contributed by atoms with Crippen molar-refractivity contribution in [2.45, 2.75) is 65.0 Å². The number of aryl methyl sites for hydroxylation is 1. The summed E-state index contributed by atoms with van der Waals surface area (Å²) in [7, 11) is 0. The minimum Gasteiger partial charge on any atom is -0.354 e. The third-order valence-corrected chi connectivity index (χ3v) is 2.89. The van der Waals surface area contributed by atoms with Gasteiger partial charge in [-0.05, 0) is 31.4 Å². The van der Waals surface area contributed by atoms with Gasteiger partial charge >= 0.3 is 0 Å². The van der Waals surface area contributed by atoms with Crippen LogP contribution in [0, 0.1) is 0 Å². The van der Waals surface area contributed by atoms with E-state index in [0.29, 0.717) is 0 Å². The molecule has 0 amide bonds. The van der Waals surface area contributed by atoms with Gasteiger partial charge in [0.1, 0.15) is 0 Å². The van der Waals surface area contributed by atoms with Crippen LogP contribution in [-0.4, -0.2) is 10.6 Å². The van der Waals surface area contributed by atoms with Crippen LogP contribution in [0.4, 0.5) is 0 Å². The van der Waals surface area contributed by atoms with E-state index in [9.17, 15) is 0 Å². The van der Waals surface area contributed by atoms with Crippen molar-refractivity contribution < 1.29 is 0 Å². The first kappa shape index (κ1) is 13.3. The zero-order valence-corrected chi connectivity index (χ0v) is 10.8. The van der Waals surface area contributed by atoms with E-state index in [1.165, 1.54) is 37.7 Å². The third kappa shape index (κ3) is 5.36. The van der Waals surface area contributed by atoms with Crippen LogP contribution in [-0.2, 0) is 13.0 Å². The Morgan fingerprint density at radius 3 is 2.69 bits per heavy atom. The summed E-state index contributed by atoms with van der Waals surface area (Å²) in [5.41, 5.74) is 7.14. The Morgan fingerprint density at radius 2 is 2.00 bits per heavy atom. The van der Waals surface area contributed by atoms with E-state index >= 15 is 0 Å². The Kier molecular flexibility index (Phi) is 6.24. The van der Waals surface area contributed by atoms with Crippen molar-refractivity contribution in [2.24, 2.45) is 5.73 Å². The zero-order chi connectivity index (χ0) is 11.8. The Morgan fingerprint density at radius 1 is 1.25 bits per heavy atom. The van der Waals surface area contributed by atoms with E-state index in [4.69, 9.17) is 5.73 Å². The topological polar surface area (TPSA) is 30.9 Å². The highest BCUT2D eigenvalue weighted by Gasteiger charge is 2.00. The van der Waals surface area contributed by atoms with Gasteiger partial charge in [-0.2, -0.15) is 0 Å². The molecule has 0 fully saturated rings. The average Bonchev–Trinajstić information content (AvgIpc) is 2.64. The summed E-state index contributed by atoms with van der Waals surface area (Å²) in [6.45, 7) is 5.47. The van der Waals surface area contributed by atoms with Crippen molar-refractivity contribution in [1.29, 1.82) is 0 Å². The van der Waals surface area contributed by atoms with Crippen LogP contribution in [0.3, 0.4) is 0 Å². The van der Waals surface area contributed by atoms with E-state index in [0.717, 1.165) is 13.0 Å². The van der Waals surface area contributed by atoms with Crippen LogP contribution in [0.25, 0.3) is 0 Å². The Labute approximate surface area is 99.8 Å². The maximum absolute atomic E-state index is 5.78. The number of hydrogen-bond acceptors (Lipinski definition) is 1. The molecule has 2 nitrogen and oxygen atoms in total. The molecule has 0 bridgehead atoms. The lowest BCUT2D eigenvalue weighted by molar-refractivity contribution is 0.569. The van der Waals surface area contributed by atoms with Crippen molar-refractivity contribution >= 4 is 0 Å². The van der Waals surface area contributed by atoms with Crippen molar-refractivity contribution in [1.82, 2.24) is 4.57 Å². The Balaban J connectivity index is 2.19. The van der Waals surface area contributed by atoms with Gasteiger partial charge in [0.2, 0.25) is 0 Å². The molecule has 0 aliphatic rings. The SMILES string of the molecule is CCCCCCCn1ccc(CC(C)N)c1. The highest BCUT2D eigenvalue weighted by atomic mass is 14.9. The predicted octanol–water partition coefficient (Wildman–Crippen LogP) is 3.35. The van der Waals surface area contributed by atoms with E-state index in [1.54, 1.807) is 0 Å². The smallest absolute Gasteiger partial charge is 0.0219 e. The van der Waals surface area contributed by atoms with Crippen LogP contribution in [0.1, 0.15) is 51.5 Å². The number of nitrogens with zero attached hydrogens (tertiary/aromatic N) is 1. The second kappa shape index (κ2) is 7.50. The van der Waals surface area contributed by atoms with Gasteiger partial charge in [-0.25, -0.2) is 0 Å². The highest BCUT2D eigenvalue weighted by molar-refractivity contribution is 5.11. The maximum atomic E-state index is 5.78. The summed E-state index contributed by atoms with van der Waals surface area (Å²) in [5, 5.41) is 0. The molecule has 0 saturated carbocycles. The third-order valence-electron chi connectivity index (χ3n) is 2.89. The van der Waals surface area contributed by atoms with Gasteiger partial charge in [0.25, 0.3) is 0 Å². The van der Waals surface area contributed by atoms with Gasteiger partial charge in [-0.3, -0.25) is 0 Å². The lowest BCUT2D eigenvalue weighted by Gasteiger charge is -2.03.